The molecule has 0 aromatic heterocycles. The average Bonchev–Trinajstić information content (AvgIpc) is 2.17. The van der Waals surface area contributed by atoms with Gasteiger partial charge in [0.15, 0.2) is 0 Å². The molecule has 0 atom stereocenters. The normalized spacial score (nSPS) is 9.64. The summed E-state index contributed by atoms with van der Waals surface area (Å²) in [5, 5.41) is 4.86. The van der Waals surface area contributed by atoms with Gasteiger partial charge in [-0.2, -0.15) is 0 Å². The average molecular weight is 235 g/mol. The predicted molar refractivity (Wildman–Crippen MR) is 72.1 cm³/mol. The van der Waals surface area contributed by atoms with E-state index >= 15 is 0 Å². The van der Waals surface area contributed by atoms with Crippen molar-refractivity contribution in [2.24, 2.45) is 0 Å². The van der Waals surface area contributed by atoms with Gasteiger partial charge in [-0.3, -0.25) is 0 Å². The second kappa shape index (κ2) is 13.8. The van der Waals surface area contributed by atoms with Gasteiger partial charge in [-0.05, 0) is 0 Å². The van der Waals surface area contributed by atoms with E-state index in [1.165, 1.54) is 38.5 Å². The van der Waals surface area contributed by atoms with Crippen LogP contribution in [0.15, 0.2) is 0 Å². The number of hydrogen-bond donors (Lipinski definition) is 0. The van der Waals surface area contributed by atoms with E-state index in [-0.39, 0.29) is 26.6 Å². The molecule has 0 saturated carbocycles. The Morgan fingerprint density at radius 1 is 0.643 bits per heavy atom. The Morgan fingerprint density at radius 2 is 0.929 bits per heavy atom. The lowest BCUT2D eigenvalue weighted by Crippen LogP contribution is -2.11. The highest BCUT2D eigenvalue weighted by molar-refractivity contribution is 6.58. The fraction of sp³-hybridized carbons (Fsp3) is 1.00. The third-order valence-corrected chi connectivity index (χ3v) is 6.57. The van der Waals surface area contributed by atoms with Gasteiger partial charge < -0.3 is 0 Å². The Balaban J connectivity index is 0. The minimum atomic E-state index is -0.287. The van der Waals surface area contributed by atoms with Crippen molar-refractivity contribution in [2.75, 3.05) is 0 Å². The number of halogens is 1. The summed E-state index contributed by atoms with van der Waals surface area (Å²) in [6, 6.07) is 0. The Kier molecular flexibility index (Phi) is 17.0. The maximum absolute atomic E-state index is 2.32. The molecule has 0 amide bonds. The molecule has 0 aliphatic heterocycles. The molecular formula is C12H28AlCl. The third kappa shape index (κ3) is 10.9. The summed E-state index contributed by atoms with van der Waals surface area (Å²) in [6.45, 7) is 6.97. The van der Waals surface area contributed by atoms with E-state index in [9.17, 15) is 0 Å². The summed E-state index contributed by atoms with van der Waals surface area (Å²) in [5.41, 5.74) is 0. The highest BCUT2D eigenvalue weighted by Gasteiger charge is 2.14. The van der Waals surface area contributed by atoms with Gasteiger partial charge in [-0.1, -0.05) is 75.1 Å². The lowest BCUT2D eigenvalue weighted by molar-refractivity contribution is 0.812. The van der Waals surface area contributed by atoms with E-state index in [1.807, 2.05) is 0 Å². The molecule has 0 aromatic carbocycles. The molecule has 0 radical (unpaired) electrons. The van der Waals surface area contributed by atoms with Crippen LogP contribution in [0.2, 0.25) is 15.8 Å². The van der Waals surface area contributed by atoms with Crippen LogP contribution < -0.4 is 0 Å². The van der Waals surface area contributed by atoms with Gasteiger partial charge in [0.05, 0.1) is 0 Å². The van der Waals surface area contributed by atoms with Gasteiger partial charge in [-0.15, -0.1) is 12.4 Å². The van der Waals surface area contributed by atoms with Crippen LogP contribution in [0.1, 0.15) is 59.3 Å². The summed E-state index contributed by atoms with van der Waals surface area (Å²) < 4.78 is 0. The molecule has 0 aliphatic rings. The molecule has 0 rings (SSSR count). The molecule has 0 saturated heterocycles. The molecular weight excluding hydrogens is 207 g/mol. The molecule has 0 unspecified atom stereocenters. The van der Waals surface area contributed by atoms with Gasteiger partial charge in [-0.25, -0.2) is 0 Å². The minimum Gasteiger partial charge on any atom is -0.147 e. The van der Waals surface area contributed by atoms with Crippen LogP contribution in [-0.4, -0.2) is 14.1 Å². The molecule has 0 N–H and O–H groups in total. The van der Waals surface area contributed by atoms with E-state index in [1.54, 1.807) is 15.8 Å². The van der Waals surface area contributed by atoms with Crippen LogP contribution >= 0.6 is 12.4 Å². The molecule has 86 valence electrons. The van der Waals surface area contributed by atoms with Crippen molar-refractivity contribution in [3.63, 3.8) is 0 Å². The molecule has 0 spiro atoms. The van der Waals surface area contributed by atoms with Gasteiger partial charge in [0, 0.05) is 0 Å². The van der Waals surface area contributed by atoms with Gasteiger partial charge >= 0.3 is 0 Å². The second-order valence-corrected chi connectivity index (χ2v) is 7.76. The maximum atomic E-state index is 2.32. The Labute approximate surface area is 102 Å². The van der Waals surface area contributed by atoms with Crippen LogP contribution in [0.4, 0.5) is 0 Å². The number of hydrogen-bond acceptors (Lipinski definition) is 0. The summed E-state index contributed by atoms with van der Waals surface area (Å²) in [4.78, 5) is 0. The van der Waals surface area contributed by atoms with E-state index < -0.39 is 0 Å². The van der Waals surface area contributed by atoms with Crippen molar-refractivity contribution in [3.05, 3.63) is 0 Å². The fourth-order valence-electron chi connectivity index (χ4n) is 1.91. The third-order valence-electron chi connectivity index (χ3n) is 2.90. The standard InChI is InChI=1S/3C4H9.Al.ClH/c3*1-3-4-2;;/h3*1,3-4H2,2H3;;1H. The van der Waals surface area contributed by atoms with Crippen molar-refractivity contribution in [3.8, 4) is 0 Å². The highest BCUT2D eigenvalue weighted by atomic mass is 35.5. The molecule has 0 fully saturated rings. The maximum Gasteiger partial charge on any atom is 0.261 e. The zero-order valence-electron chi connectivity index (χ0n) is 10.3. The van der Waals surface area contributed by atoms with Crippen molar-refractivity contribution in [2.45, 2.75) is 75.1 Å². The van der Waals surface area contributed by atoms with Crippen molar-refractivity contribution >= 4 is 26.6 Å². The SMILES string of the molecule is CCC[CH2][Al]([CH2]CCC)[CH2]CCC.Cl. The lowest BCUT2D eigenvalue weighted by Gasteiger charge is -2.09. The monoisotopic (exact) mass is 234 g/mol. The molecule has 0 bridgehead atoms. The Morgan fingerprint density at radius 3 is 1.14 bits per heavy atom. The first-order valence-electron chi connectivity index (χ1n) is 6.35. The first-order valence-corrected chi connectivity index (χ1v) is 8.80. The van der Waals surface area contributed by atoms with E-state index in [0.717, 1.165) is 0 Å². The molecule has 0 aromatic rings. The molecule has 14 heavy (non-hydrogen) atoms. The molecule has 0 heterocycles. The van der Waals surface area contributed by atoms with Crippen molar-refractivity contribution in [1.29, 1.82) is 0 Å². The zero-order valence-corrected chi connectivity index (χ0v) is 12.3. The summed E-state index contributed by atoms with van der Waals surface area (Å²) in [7, 11) is 0. The van der Waals surface area contributed by atoms with Gasteiger partial charge in [0.1, 0.15) is 0 Å². The largest absolute Gasteiger partial charge is 0.261 e. The van der Waals surface area contributed by atoms with E-state index in [4.69, 9.17) is 0 Å². The van der Waals surface area contributed by atoms with Crippen molar-refractivity contribution in [1.82, 2.24) is 0 Å². The molecule has 2 heteroatoms. The lowest BCUT2D eigenvalue weighted by atomic mass is 10.4. The quantitative estimate of drug-likeness (QED) is 0.475. The van der Waals surface area contributed by atoms with E-state index in [2.05, 4.69) is 20.8 Å². The highest BCUT2D eigenvalue weighted by Crippen LogP contribution is 2.16. The number of rotatable bonds is 9. The molecule has 0 aliphatic carbocycles. The second-order valence-electron chi connectivity index (χ2n) is 4.29. The summed E-state index contributed by atoms with van der Waals surface area (Å²) in [5.74, 6) is 0. The van der Waals surface area contributed by atoms with Crippen LogP contribution in [0.25, 0.3) is 0 Å². The Bertz CT molecular complexity index is 77.3. The summed E-state index contributed by atoms with van der Waals surface area (Å²) in [6.07, 6.45) is 8.73. The topological polar surface area (TPSA) is 0 Å². The fourth-order valence-corrected chi connectivity index (χ4v) is 5.73. The zero-order chi connectivity index (χ0) is 9.94. The van der Waals surface area contributed by atoms with Gasteiger partial charge in [0.2, 0.25) is 0 Å². The van der Waals surface area contributed by atoms with Gasteiger partial charge in [0.25, 0.3) is 14.1 Å². The predicted octanol–water partition coefficient (Wildman–Crippen LogP) is 5.30. The first kappa shape index (κ1) is 17.2. The number of unbranched alkanes of at least 4 members (excludes halogenated alkanes) is 3. The van der Waals surface area contributed by atoms with Crippen molar-refractivity contribution < 1.29 is 0 Å². The van der Waals surface area contributed by atoms with Crippen LogP contribution in [0.3, 0.4) is 0 Å². The first-order chi connectivity index (χ1) is 6.35. The smallest absolute Gasteiger partial charge is 0.147 e. The minimum absolute atomic E-state index is 0. The summed E-state index contributed by atoms with van der Waals surface area (Å²) >= 11 is -0.287. The van der Waals surface area contributed by atoms with E-state index in [0.29, 0.717) is 0 Å². The van der Waals surface area contributed by atoms with Crippen LogP contribution in [-0.2, 0) is 0 Å². The van der Waals surface area contributed by atoms with Crippen LogP contribution in [0.5, 0.6) is 0 Å². The Hall–Kier alpha value is 0.822. The molecule has 0 nitrogen and oxygen atoms in total. The van der Waals surface area contributed by atoms with Crippen LogP contribution in [0, 0.1) is 0 Å².